The van der Waals surface area contributed by atoms with Crippen molar-refractivity contribution in [3.05, 3.63) is 52.4 Å². The molecule has 5 rings (SSSR count). The molecule has 38 heavy (non-hydrogen) atoms. The summed E-state index contributed by atoms with van der Waals surface area (Å²) in [6, 6.07) is 2.13. The minimum Gasteiger partial charge on any atom is -0.369 e. The van der Waals surface area contributed by atoms with Crippen LogP contribution in [0.3, 0.4) is 0 Å². The first-order valence-electron chi connectivity index (χ1n) is 12.0. The van der Waals surface area contributed by atoms with Crippen LogP contribution in [0.15, 0.2) is 35.6 Å². The Bertz CT molecular complexity index is 1340. The smallest absolute Gasteiger partial charge is 0.369 e. The number of benzene rings is 1. The minimum atomic E-state index is -4.67. The van der Waals surface area contributed by atoms with E-state index in [4.69, 9.17) is 0 Å². The van der Waals surface area contributed by atoms with E-state index < -0.39 is 23.7 Å². The Kier molecular flexibility index (Phi) is 7.70. The molecular formula is C24H24F3N7O2S2. The molecule has 1 saturated heterocycles. The number of hydrogen-bond acceptors (Lipinski definition) is 8. The Hall–Kier alpha value is -3.39. The van der Waals surface area contributed by atoms with E-state index >= 15 is 0 Å². The summed E-state index contributed by atoms with van der Waals surface area (Å²) in [5, 5.41) is 8.57. The third-order valence-electron chi connectivity index (χ3n) is 6.06. The first kappa shape index (κ1) is 26.2. The molecule has 0 unspecified atom stereocenters. The number of nitrogens with zero attached hydrogens (tertiary/aromatic N) is 4. The quantitative estimate of drug-likeness (QED) is 0.365. The van der Waals surface area contributed by atoms with Gasteiger partial charge in [0, 0.05) is 60.6 Å². The zero-order valence-electron chi connectivity index (χ0n) is 20.1. The van der Waals surface area contributed by atoms with E-state index in [9.17, 15) is 22.8 Å². The van der Waals surface area contributed by atoms with Crippen LogP contribution in [-0.2, 0) is 19.0 Å². The van der Waals surface area contributed by atoms with Crippen molar-refractivity contribution in [2.75, 3.05) is 41.3 Å². The van der Waals surface area contributed by atoms with Crippen molar-refractivity contribution < 1.29 is 22.8 Å². The topological polar surface area (TPSA) is 112 Å². The molecule has 1 aromatic carbocycles. The molecular weight excluding hydrogens is 539 g/mol. The van der Waals surface area contributed by atoms with Gasteiger partial charge in [0.1, 0.15) is 12.1 Å². The largest absolute Gasteiger partial charge is 0.416 e. The van der Waals surface area contributed by atoms with E-state index in [0.717, 1.165) is 58.4 Å². The number of likely N-dealkylation sites (tertiary alicyclic amines) is 1. The van der Waals surface area contributed by atoms with Gasteiger partial charge >= 0.3 is 12.2 Å². The van der Waals surface area contributed by atoms with Gasteiger partial charge in [-0.1, -0.05) is 0 Å². The Labute approximate surface area is 224 Å². The van der Waals surface area contributed by atoms with Crippen molar-refractivity contribution in [2.24, 2.45) is 0 Å². The number of rotatable bonds is 7. The molecule has 2 aromatic heterocycles. The Morgan fingerprint density at radius 3 is 2.66 bits per heavy atom. The summed E-state index contributed by atoms with van der Waals surface area (Å²) in [7, 11) is 0. The maximum Gasteiger partial charge on any atom is 0.416 e. The maximum atomic E-state index is 13.5. The summed E-state index contributed by atoms with van der Waals surface area (Å²) in [6.07, 6.45) is 1.71. The molecule has 3 amide bonds. The second kappa shape index (κ2) is 11.2. The highest BCUT2D eigenvalue weighted by Crippen LogP contribution is 2.35. The number of anilines is 3. The summed E-state index contributed by atoms with van der Waals surface area (Å²) >= 11 is 2.99. The van der Waals surface area contributed by atoms with Gasteiger partial charge < -0.3 is 15.5 Å². The summed E-state index contributed by atoms with van der Waals surface area (Å²) in [5.74, 6) is 1.31. The molecule has 0 spiro atoms. The van der Waals surface area contributed by atoms with Crippen LogP contribution in [0.25, 0.3) is 0 Å². The number of carbonyl (C=O) groups excluding carboxylic acids is 2. The Morgan fingerprint density at radius 1 is 1.05 bits per heavy atom. The second-order valence-corrected chi connectivity index (χ2v) is 11.0. The fourth-order valence-electron chi connectivity index (χ4n) is 4.25. The molecule has 2 aliphatic rings. The van der Waals surface area contributed by atoms with E-state index in [0.29, 0.717) is 31.2 Å². The molecule has 200 valence electrons. The number of aryl methyl sites for hydroxylation is 1. The maximum absolute atomic E-state index is 13.5. The highest BCUT2D eigenvalue weighted by molar-refractivity contribution is 7.99. The van der Waals surface area contributed by atoms with Gasteiger partial charge in [0.25, 0.3) is 5.91 Å². The fraction of sp³-hybridized carbons (Fsp3) is 0.375. The molecule has 0 radical (unpaired) electrons. The van der Waals surface area contributed by atoms with Crippen LogP contribution in [0.5, 0.6) is 0 Å². The van der Waals surface area contributed by atoms with Gasteiger partial charge in [0.2, 0.25) is 0 Å². The van der Waals surface area contributed by atoms with Crippen LogP contribution in [0.1, 0.15) is 39.3 Å². The molecule has 0 atom stereocenters. The third-order valence-corrected chi connectivity index (χ3v) is 8.16. The van der Waals surface area contributed by atoms with Gasteiger partial charge in [-0.25, -0.2) is 19.7 Å². The number of amides is 3. The molecule has 3 aromatic rings. The van der Waals surface area contributed by atoms with Gasteiger partial charge in [-0.15, -0.1) is 23.1 Å². The zero-order valence-corrected chi connectivity index (χ0v) is 21.7. The standard InChI is InChI=1S/C24H24F3N7O2S2/c25-24(26,27)15-9-14(21(35)34-6-1-2-7-34)10-16(11-15)32-22(36)33-23-29-12-17(38-23)3-5-28-20-19-18(4-8-37-19)30-13-31-20/h9-13H,1-8H2,(H,28,30,31)(H2,29,32,33,36). The first-order valence-corrected chi connectivity index (χ1v) is 13.8. The van der Waals surface area contributed by atoms with Gasteiger partial charge in [-0.2, -0.15) is 13.2 Å². The SMILES string of the molecule is O=C(Nc1cc(C(=O)N2CCCC2)cc(C(F)(F)F)c1)Nc1ncc(CCNc2ncnc3c2SCC3)s1. The molecule has 0 saturated carbocycles. The lowest BCUT2D eigenvalue weighted by Crippen LogP contribution is -2.28. The Morgan fingerprint density at radius 2 is 1.87 bits per heavy atom. The molecule has 1 fully saturated rings. The summed E-state index contributed by atoms with van der Waals surface area (Å²) in [6.45, 7) is 1.61. The number of carbonyl (C=O) groups is 2. The average molecular weight is 564 g/mol. The molecule has 3 N–H and O–H groups in total. The van der Waals surface area contributed by atoms with Gasteiger partial charge in [-0.05, 0) is 31.0 Å². The number of nitrogens with one attached hydrogen (secondary N) is 3. The van der Waals surface area contributed by atoms with Crippen LogP contribution in [0.4, 0.5) is 34.6 Å². The van der Waals surface area contributed by atoms with E-state index in [1.807, 2.05) is 0 Å². The average Bonchev–Trinajstić information content (AvgIpc) is 3.65. The van der Waals surface area contributed by atoms with Crippen molar-refractivity contribution >= 4 is 51.7 Å². The van der Waals surface area contributed by atoms with E-state index in [1.165, 1.54) is 22.3 Å². The van der Waals surface area contributed by atoms with E-state index in [2.05, 4.69) is 30.9 Å². The van der Waals surface area contributed by atoms with Gasteiger partial charge in [-0.3, -0.25) is 10.1 Å². The van der Waals surface area contributed by atoms with Crippen LogP contribution in [-0.4, -0.2) is 57.2 Å². The van der Waals surface area contributed by atoms with Gasteiger partial charge in [0.05, 0.1) is 16.2 Å². The van der Waals surface area contributed by atoms with Crippen molar-refractivity contribution in [2.45, 2.75) is 36.8 Å². The number of thiazole rings is 1. The second-order valence-electron chi connectivity index (χ2n) is 8.78. The summed E-state index contributed by atoms with van der Waals surface area (Å²) in [5.41, 5.74) is -0.199. The third kappa shape index (κ3) is 6.18. The Balaban J connectivity index is 1.19. The highest BCUT2D eigenvalue weighted by Gasteiger charge is 2.33. The van der Waals surface area contributed by atoms with Crippen LogP contribution in [0, 0.1) is 0 Å². The van der Waals surface area contributed by atoms with Crippen molar-refractivity contribution in [1.29, 1.82) is 0 Å². The van der Waals surface area contributed by atoms with Gasteiger partial charge in [0.15, 0.2) is 5.13 Å². The molecule has 0 bridgehead atoms. The summed E-state index contributed by atoms with van der Waals surface area (Å²) in [4.78, 5) is 41.5. The number of hydrogen-bond donors (Lipinski definition) is 3. The van der Waals surface area contributed by atoms with Crippen LogP contribution < -0.4 is 16.0 Å². The first-order chi connectivity index (χ1) is 18.3. The lowest BCUT2D eigenvalue weighted by molar-refractivity contribution is -0.137. The summed E-state index contributed by atoms with van der Waals surface area (Å²) < 4.78 is 40.4. The van der Waals surface area contributed by atoms with Crippen LogP contribution >= 0.6 is 23.1 Å². The number of urea groups is 1. The predicted octanol–water partition coefficient (Wildman–Crippen LogP) is 5.13. The van der Waals surface area contributed by atoms with Crippen molar-refractivity contribution in [3.63, 3.8) is 0 Å². The van der Waals surface area contributed by atoms with Crippen molar-refractivity contribution in [1.82, 2.24) is 19.9 Å². The van der Waals surface area contributed by atoms with E-state index in [1.54, 1.807) is 24.3 Å². The molecule has 14 heteroatoms. The molecule has 2 aliphatic heterocycles. The number of halogens is 3. The molecule has 9 nitrogen and oxygen atoms in total. The number of aromatic nitrogens is 3. The van der Waals surface area contributed by atoms with Crippen LogP contribution in [0.2, 0.25) is 0 Å². The van der Waals surface area contributed by atoms with E-state index in [-0.39, 0.29) is 11.3 Å². The van der Waals surface area contributed by atoms with Crippen molar-refractivity contribution in [3.8, 4) is 0 Å². The molecule has 0 aliphatic carbocycles. The molecule has 4 heterocycles. The minimum absolute atomic E-state index is 0.117. The number of alkyl halides is 3. The number of thioether (sulfide) groups is 1. The predicted molar refractivity (Wildman–Crippen MR) is 140 cm³/mol. The number of fused-ring (bicyclic) bond motifs is 1. The fourth-order valence-corrected chi connectivity index (χ4v) is 6.14. The monoisotopic (exact) mass is 563 g/mol. The normalized spacial score (nSPS) is 14.9. The lowest BCUT2D eigenvalue weighted by Gasteiger charge is -2.18. The lowest BCUT2D eigenvalue weighted by atomic mass is 10.1. The highest BCUT2D eigenvalue weighted by atomic mass is 32.2. The zero-order chi connectivity index (χ0) is 26.7.